The molecular formula is C16H16ClNO2. The van der Waals surface area contributed by atoms with Crippen molar-refractivity contribution in [2.75, 3.05) is 18.5 Å². The largest absolute Gasteiger partial charge is 0.493 e. The molecule has 0 bridgehead atoms. The fourth-order valence-corrected chi connectivity index (χ4v) is 2.61. The van der Waals surface area contributed by atoms with Gasteiger partial charge in [0.15, 0.2) is 0 Å². The van der Waals surface area contributed by atoms with Gasteiger partial charge in [-0.1, -0.05) is 29.8 Å². The Morgan fingerprint density at radius 1 is 1.25 bits per heavy atom. The van der Waals surface area contributed by atoms with Gasteiger partial charge in [-0.25, -0.2) is 0 Å². The number of hydrogen-bond acceptors (Lipinski definition) is 3. The van der Waals surface area contributed by atoms with E-state index in [1.165, 1.54) is 5.56 Å². The van der Waals surface area contributed by atoms with Crippen LogP contribution in [0.5, 0.6) is 5.75 Å². The number of anilines is 1. The molecule has 0 spiro atoms. The molecule has 0 radical (unpaired) electrons. The van der Waals surface area contributed by atoms with E-state index in [0.717, 1.165) is 30.0 Å². The first-order valence-electron chi connectivity index (χ1n) is 6.65. The minimum absolute atomic E-state index is 0.00483. The number of fused-ring (bicyclic) bond motifs is 1. The molecule has 2 aromatic rings. The van der Waals surface area contributed by atoms with Crippen molar-refractivity contribution in [1.82, 2.24) is 0 Å². The molecule has 1 heterocycles. The first kappa shape index (κ1) is 13.3. The molecule has 1 atom stereocenters. The zero-order valence-electron chi connectivity index (χ0n) is 11.0. The van der Waals surface area contributed by atoms with E-state index in [-0.39, 0.29) is 12.6 Å². The van der Waals surface area contributed by atoms with Gasteiger partial charge in [0.25, 0.3) is 0 Å². The van der Waals surface area contributed by atoms with Crippen LogP contribution in [0.2, 0.25) is 5.02 Å². The van der Waals surface area contributed by atoms with Gasteiger partial charge in [0.2, 0.25) is 0 Å². The molecule has 20 heavy (non-hydrogen) atoms. The molecule has 0 aliphatic carbocycles. The van der Waals surface area contributed by atoms with Crippen LogP contribution in [0.25, 0.3) is 0 Å². The van der Waals surface area contributed by atoms with E-state index in [1.807, 2.05) is 36.4 Å². The molecule has 3 rings (SSSR count). The van der Waals surface area contributed by atoms with Crippen LogP contribution in [-0.2, 0) is 6.42 Å². The second-order valence-corrected chi connectivity index (χ2v) is 5.23. The fourth-order valence-electron chi connectivity index (χ4n) is 2.42. The highest BCUT2D eigenvalue weighted by Gasteiger charge is 2.17. The molecule has 1 unspecified atom stereocenters. The number of hydrogen-bond donors (Lipinski definition) is 2. The van der Waals surface area contributed by atoms with Crippen LogP contribution in [0, 0.1) is 0 Å². The molecule has 4 heteroatoms. The van der Waals surface area contributed by atoms with E-state index in [9.17, 15) is 5.11 Å². The molecule has 3 nitrogen and oxygen atoms in total. The third-order valence-corrected chi connectivity index (χ3v) is 3.83. The molecule has 2 aromatic carbocycles. The lowest BCUT2D eigenvalue weighted by Crippen LogP contribution is -2.15. The lowest BCUT2D eigenvalue weighted by atomic mass is 10.0. The average molecular weight is 290 g/mol. The summed E-state index contributed by atoms with van der Waals surface area (Å²) in [6.45, 7) is 0.741. The van der Waals surface area contributed by atoms with Crippen molar-refractivity contribution >= 4 is 17.3 Å². The quantitative estimate of drug-likeness (QED) is 0.906. The first-order chi connectivity index (χ1) is 9.78. The van der Waals surface area contributed by atoms with Crippen LogP contribution in [0.1, 0.15) is 17.2 Å². The standard InChI is InChI=1S/C16H16ClNO2/c17-13-3-1-2-4-14(13)18-15(10-19)11-5-6-16-12(9-11)7-8-20-16/h1-6,9,15,18-19H,7-8,10H2. The molecule has 0 saturated carbocycles. The number of para-hydroxylation sites is 1. The zero-order valence-corrected chi connectivity index (χ0v) is 11.7. The summed E-state index contributed by atoms with van der Waals surface area (Å²) in [5.74, 6) is 0.947. The van der Waals surface area contributed by atoms with Crippen LogP contribution >= 0.6 is 11.6 Å². The number of aliphatic hydroxyl groups is 1. The maximum absolute atomic E-state index is 9.64. The second-order valence-electron chi connectivity index (χ2n) is 4.82. The Bertz CT molecular complexity index is 615. The van der Waals surface area contributed by atoms with Crippen molar-refractivity contribution in [3.63, 3.8) is 0 Å². The molecule has 0 amide bonds. The summed E-state index contributed by atoms with van der Waals surface area (Å²) in [5, 5.41) is 13.6. The van der Waals surface area contributed by atoms with Crippen LogP contribution in [0.4, 0.5) is 5.69 Å². The van der Waals surface area contributed by atoms with Crippen molar-refractivity contribution in [2.45, 2.75) is 12.5 Å². The van der Waals surface area contributed by atoms with Crippen molar-refractivity contribution in [3.8, 4) is 5.75 Å². The lowest BCUT2D eigenvalue weighted by molar-refractivity contribution is 0.276. The van der Waals surface area contributed by atoms with Crippen LogP contribution in [0.15, 0.2) is 42.5 Å². The molecule has 0 fully saturated rings. The first-order valence-corrected chi connectivity index (χ1v) is 7.03. The number of rotatable bonds is 4. The van der Waals surface area contributed by atoms with E-state index < -0.39 is 0 Å². The lowest BCUT2D eigenvalue weighted by Gasteiger charge is -2.19. The van der Waals surface area contributed by atoms with Gasteiger partial charge in [-0.3, -0.25) is 0 Å². The summed E-state index contributed by atoms with van der Waals surface area (Å²) in [6, 6.07) is 13.4. The highest BCUT2D eigenvalue weighted by Crippen LogP contribution is 2.30. The molecule has 0 saturated heterocycles. The number of aliphatic hydroxyl groups excluding tert-OH is 1. The minimum atomic E-state index is -0.180. The Hall–Kier alpha value is -1.71. The van der Waals surface area contributed by atoms with Gasteiger partial charge in [0, 0.05) is 6.42 Å². The third-order valence-electron chi connectivity index (χ3n) is 3.50. The van der Waals surface area contributed by atoms with Crippen molar-refractivity contribution in [3.05, 3.63) is 58.6 Å². The summed E-state index contributed by atoms with van der Waals surface area (Å²) < 4.78 is 5.50. The Morgan fingerprint density at radius 3 is 2.90 bits per heavy atom. The Balaban J connectivity index is 1.85. The molecule has 104 valence electrons. The number of halogens is 1. The van der Waals surface area contributed by atoms with Gasteiger partial charge in [-0.15, -0.1) is 0 Å². The van der Waals surface area contributed by atoms with Gasteiger partial charge < -0.3 is 15.2 Å². The van der Waals surface area contributed by atoms with Gasteiger partial charge >= 0.3 is 0 Å². The monoisotopic (exact) mass is 289 g/mol. The SMILES string of the molecule is OCC(Nc1ccccc1Cl)c1ccc2c(c1)CCO2. The fraction of sp³-hybridized carbons (Fsp3) is 0.250. The Labute approximate surface area is 123 Å². The van der Waals surface area contributed by atoms with E-state index in [4.69, 9.17) is 16.3 Å². The summed E-state index contributed by atoms with van der Waals surface area (Å²) in [5.41, 5.74) is 3.06. The van der Waals surface area contributed by atoms with Crippen LogP contribution in [0.3, 0.4) is 0 Å². The van der Waals surface area contributed by atoms with Crippen LogP contribution < -0.4 is 10.1 Å². The van der Waals surface area contributed by atoms with Crippen molar-refractivity contribution in [2.24, 2.45) is 0 Å². The van der Waals surface area contributed by atoms with Crippen molar-refractivity contribution in [1.29, 1.82) is 0 Å². The predicted octanol–water partition coefficient (Wildman–Crippen LogP) is 3.42. The zero-order chi connectivity index (χ0) is 13.9. The van der Waals surface area contributed by atoms with E-state index >= 15 is 0 Å². The normalized spacial score (nSPS) is 14.5. The molecule has 1 aliphatic rings. The number of ether oxygens (including phenoxy) is 1. The molecular weight excluding hydrogens is 274 g/mol. The summed E-state index contributed by atoms with van der Waals surface area (Å²) in [6.07, 6.45) is 0.924. The smallest absolute Gasteiger partial charge is 0.122 e. The Kier molecular flexibility index (Phi) is 3.81. The maximum atomic E-state index is 9.64. The van der Waals surface area contributed by atoms with Gasteiger partial charge in [0.1, 0.15) is 5.75 Å². The highest BCUT2D eigenvalue weighted by molar-refractivity contribution is 6.33. The van der Waals surface area contributed by atoms with Crippen molar-refractivity contribution < 1.29 is 9.84 Å². The number of nitrogens with one attached hydrogen (secondary N) is 1. The number of benzene rings is 2. The molecule has 2 N–H and O–H groups in total. The Morgan fingerprint density at radius 2 is 2.10 bits per heavy atom. The highest BCUT2D eigenvalue weighted by atomic mass is 35.5. The van der Waals surface area contributed by atoms with E-state index in [1.54, 1.807) is 0 Å². The van der Waals surface area contributed by atoms with Gasteiger partial charge in [-0.05, 0) is 35.4 Å². The second kappa shape index (κ2) is 5.73. The molecule has 1 aliphatic heterocycles. The summed E-state index contributed by atoms with van der Waals surface area (Å²) in [4.78, 5) is 0. The maximum Gasteiger partial charge on any atom is 0.122 e. The van der Waals surface area contributed by atoms with Crippen LogP contribution in [-0.4, -0.2) is 18.3 Å². The average Bonchev–Trinajstić information content (AvgIpc) is 2.94. The topological polar surface area (TPSA) is 41.5 Å². The molecule has 0 aromatic heterocycles. The summed E-state index contributed by atoms with van der Waals surface area (Å²) >= 11 is 6.14. The summed E-state index contributed by atoms with van der Waals surface area (Å²) in [7, 11) is 0. The van der Waals surface area contributed by atoms with E-state index in [2.05, 4.69) is 11.4 Å². The minimum Gasteiger partial charge on any atom is -0.493 e. The third kappa shape index (κ3) is 2.60. The van der Waals surface area contributed by atoms with Gasteiger partial charge in [0.05, 0.1) is 30.0 Å². The van der Waals surface area contributed by atoms with E-state index in [0.29, 0.717) is 5.02 Å². The predicted molar refractivity (Wildman–Crippen MR) is 80.5 cm³/mol. The van der Waals surface area contributed by atoms with Gasteiger partial charge in [-0.2, -0.15) is 0 Å².